The Balaban J connectivity index is 2.28. The first kappa shape index (κ1) is 12.1. The third kappa shape index (κ3) is 2.07. The highest BCUT2D eigenvalue weighted by Gasteiger charge is 2.44. The Labute approximate surface area is 101 Å². The third-order valence-electron chi connectivity index (χ3n) is 3.72. The highest BCUT2D eigenvalue weighted by molar-refractivity contribution is 5.83. The number of aryl methyl sites for hydroxylation is 1. The molecule has 17 heavy (non-hydrogen) atoms. The van der Waals surface area contributed by atoms with Crippen LogP contribution in [-0.4, -0.2) is 24.8 Å². The number of rotatable bonds is 5. The fourth-order valence-corrected chi connectivity index (χ4v) is 2.79. The second kappa shape index (κ2) is 4.88. The molecule has 0 saturated heterocycles. The van der Waals surface area contributed by atoms with Crippen LogP contribution in [0.5, 0.6) is 0 Å². The number of methoxy groups -OCH3 is 1. The Morgan fingerprint density at radius 1 is 1.47 bits per heavy atom. The van der Waals surface area contributed by atoms with Crippen LogP contribution >= 0.6 is 0 Å². The van der Waals surface area contributed by atoms with Crippen LogP contribution in [0.4, 0.5) is 0 Å². The fourth-order valence-electron chi connectivity index (χ4n) is 2.79. The summed E-state index contributed by atoms with van der Waals surface area (Å²) in [6.07, 6.45) is 3.03. The van der Waals surface area contributed by atoms with Gasteiger partial charge in [0.2, 0.25) is 0 Å². The van der Waals surface area contributed by atoms with Crippen molar-refractivity contribution in [1.82, 2.24) is 0 Å². The van der Waals surface area contributed by atoms with Gasteiger partial charge in [0.1, 0.15) is 0 Å². The highest BCUT2D eigenvalue weighted by atomic mass is 16.5. The second-order valence-electron chi connectivity index (χ2n) is 4.64. The lowest BCUT2D eigenvalue weighted by atomic mass is 9.78. The quantitative estimate of drug-likeness (QED) is 0.796. The van der Waals surface area contributed by atoms with E-state index in [-0.39, 0.29) is 0 Å². The van der Waals surface area contributed by atoms with Gasteiger partial charge in [-0.05, 0) is 36.8 Å². The van der Waals surface area contributed by atoms with Gasteiger partial charge in [-0.1, -0.05) is 24.3 Å². The molecular weight excluding hydrogens is 216 g/mol. The number of ether oxygens (including phenoxy) is 1. The van der Waals surface area contributed by atoms with Crippen LogP contribution in [0.25, 0.3) is 0 Å². The van der Waals surface area contributed by atoms with Crippen LogP contribution in [0.1, 0.15) is 30.4 Å². The summed E-state index contributed by atoms with van der Waals surface area (Å²) in [7, 11) is 1.65. The molecule has 1 atom stereocenters. The minimum Gasteiger partial charge on any atom is -0.481 e. The molecule has 1 unspecified atom stereocenters. The molecule has 1 aromatic rings. The van der Waals surface area contributed by atoms with Crippen molar-refractivity contribution in [2.24, 2.45) is 0 Å². The van der Waals surface area contributed by atoms with E-state index in [0.717, 1.165) is 18.4 Å². The summed E-state index contributed by atoms with van der Waals surface area (Å²) >= 11 is 0. The normalized spacial score (nSPS) is 22.4. The van der Waals surface area contributed by atoms with Gasteiger partial charge in [-0.25, -0.2) is 0 Å². The number of benzene rings is 1. The zero-order valence-electron chi connectivity index (χ0n) is 10.1. The number of hydrogen-bond donors (Lipinski definition) is 1. The molecular formula is C14H18O3. The van der Waals surface area contributed by atoms with Gasteiger partial charge in [0, 0.05) is 13.7 Å². The molecule has 0 aromatic heterocycles. The lowest BCUT2D eigenvalue weighted by Crippen LogP contribution is -2.33. The summed E-state index contributed by atoms with van der Waals surface area (Å²) in [5.41, 5.74) is 1.51. The monoisotopic (exact) mass is 234 g/mol. The molecule has 0 radical (unpaired) electrons. The minimum atomic E-state index is -0.696. The van der Waals surface area contributed by atoms with Gasteiger partial charge in [-0.15, -0.1) is 0 Å². The van der Waals surface area contributed by atoms with E-state index in [4.69, 9.17) is 4.74 Å². The summed E-state index contributed by atoms with van der Waals surface area (Å²) in [5, 5.41) is 9.57. The maximum absolute atomic E-state index is 11.6. The standard InChI is InChI=1S/C14H18O3/c1-17-10-4-8-14(13(15)16)9-7-11-5-2-3-6-12(11)14/h2-3,5-6H,4,7-10H2,1H3,(H,15,16). The third-order valence-corrected chi connectivity index (χ3v) is 3.72. The Hall–Kier alpha value is -1.35. The molecule has 0 bridgehead atoms. The maximum Gasteiger partial charge on any atom is 0.314 e. The predicted octanol–water partition coefficient (Wildman–Crippen LogP) is 2.38. The highest BCUT2D eigenvalue weighted by Crippen LogP contribution is 2.42. The number of carboxylic acids is 1. The first-order valence-corrected chi connectivity index (χ1v) is 6.01. The van der Waals surface area contributed by atoms with Gasteiger partial charge in [-0.3, -0.25) is 4.79 Å². The van der Waals surface area contributed by atoms with Gasteiger partial charge in [-0.2, -0.15) is 0 Å². The average Bonchev–Trinajstić information content (AvgIpc) is 2.70. The molecule has 0 saturated carbocycles. The molecule has 0 aliphatic heterocycles. The van der Waals surface area contributed by atoms with Gasteiger partial charge in [0.15, 0.2) is 0 Å². The Morgan fingerprint density at radius 3 is 2.94 bits per heavy atom. The van der Waals surface area contributed by atoms with Crippen molar-refractivity contribution < 1.29 is 14.6 Å². The number of carbonyl (C=O) groups is 1. The second-order valence-corrected chi connectivity index (χ2v) is 4.64. The molecule has 1 aliphatic rings. The van der Waals surface area contributed by atoms with Crippen molar-refractivity contribution in [2.45, 2.75) is 31.1 Å². The van der Waals surface area contributed by atoms with E-state index in [1.165, 1.54) is 5.56 Å². The van der Waals surface area contributed by atoms with Crippen LogP contribution in [0.3, 0.4) is 0 Å². The SMILES string of the molecule is COCCCC1(C(=O)O)CCc2ccccc21. The molecule has 3 nitrogen and oxygen atoms in total. The molecule has 0 fully saturated rings. The molecule has 3 heteroatoms. The van der Waals surface area contributed by atoms with Crippen molar-refractivity contribution >= 4 is 5.97 Å². The summed E-state index contributed by atoms with van der Waals surface area (Å²) in [6, 6.07) is 7.91. The molecule has 1 aliphatic carbocycles. The van der Waals surface area contributed by atoms with Crippen molar-refractivity contribution in [1.29, 1.82) is 0 Å². The minimum absolute atomic E-state index is 0.622. The van der Waals surface area contributed by atoms with Gasteiger partial charge in [0.25, 0.3) is 0 Å². The van der Waals surface area contributed by atoms with E-state index in [2.05, 4.69) is 0 Å². The van der Waals surface area contributed by atoms with Crippen molar-refractivity contribution in [2.75, 3.05) is 13.7 Å². The number of carboxylic acid groups (broad SMARTS) is 1. The molecule has 0 amide bonds. The molecule has 1 N–H and O–H groups in total. The summed E-state index contributed by atoms with van der Waals surface area (Å²) in [5.74, 6) is -0.696. The molecule has 92 valence electrons. The number of hydrogen-bond acceptors (Lipinski definition) is 2. The smallest absolute Gasteiger partial charge is 0.314 e. The fraction of sp³-hybridized carbons (Fsp3) is 0.500. The Kier molecular flexibility index (Phi) is 3.48. The van der Waals surface area contributed by atoms with Gasteiger partial charge < -0.3 is 9.84 Å². The van der Waals surface area contributed by atoms with E-state index in [1.807, 2.05) is 24.3 Å². The lowest BCUT2D eigenvalue weighted by Gasteiger charge is -2.25. The van der Waals surface area contributed by atoms with E-state index in [1.54, 1.807) is 7.11 Å². The van der Waals surface area contributed by atoms with E-state index in [0.29, 0.717) is 19.4 Å². The van der Waals surface area contributed by atoms with Gasteiger partial charge in [0.05, 0.1) is 5.41 Å². The number of aliphatic carboxylic acids is 1. The van der Waals surface area contributed by atoms with E-state index >= 15 is 0 Å². The van der Waals surface area contributed by atoms with Crippen LogP contribution in [0, 0.1) is 0 Å². The summed E-state index contributed by atoms with van der Waals surface area (Å²) in [4.78, 5) is 11.6. The van der Waals surface area contributed by atoms with Crippen molar-refractivity contribution in [3.8, 4) is 0 Å². The first-order valence-electron chi connectivity index (χ1n) is 6.01. The zero-order chi connectivity index (χ0) is 12.3. The van der Waals surface area contributed by atoms with E-state index < -0.39 is 11.4 Å². The summed E-state index contributed by atoms with van der Waals surface area (Å²) < 4.78 is 5.02. The van der Waals surface area contributed by atoms with Crippen LogP contribution in [0.15, 0.2) is 24.3 Å². The van der Waals surface area contributed by atoms with Crippen molar-refractivity contribution in [3.63, 3.8) is 0 Å². The summed E-state index contributed by atoms with van der Waals surface area (Å²) in [6.45, 7) is 0.622. The van der Waals surface area contributed by atoms with Crippen LogP contribution < -0.4 is 0 Å². The molecule has 0 spiro atoms. The average molecular weight is 234 g/mol. The van der Waals surface area contributed by atoms with Crippen LogP contribution in [0.2, 0.25) is 0 Å². The topological polar surface area (TPSA) is 46.5 Å². The molecule has 0 heterocycles. The maximum atomic E-state index is 11.6. The molecule has 1 aromatic carbocycles. The largest absolute Gasteiger partial charge is 0.481 e. The van der Waals surface area contributed by atoms with Crippen molar-refractivity contribution in [3.05, 3.63) is 35.4 Å². The Morgan fingerprint density at radius 2 is 2.24 bits per heavy atom. The number of fused-ring (bicyclic) bond motifs is 1. The lowest BCUT2D eigenvalue weighted by molar-refractivity contribution is -0.144. The zero-order valence-corrected chi connectivity index (χ0v) is 10.1. The van der Waals surface area contributed by atoms with Gasteiger partial charge >= 0.3 is 5.97 Å². The van der Waals surface area contributed by atoms with E-state index in [9.17, 15) is 9.90 Å². The first-order chi connectivity index (χ1) is 8.20. The Bertz CT molecular complexity index is 414. The molecule has 2 rings (SSSR count). The van der Waals surface area contributed by atoms with Crippen LogP contribution in [-0.2, 0) is 21.4 Å². The predicted molar refractivity (Wildman–Crippen MR) is 65.2 cm³/mol.